The molecule has 0 atom stereocenters. The molecule has 0 radical (unpaired) electrons. The van der Waals surface area contributed by atoms with E-state index in [0.717, 1.165) is 5.56 Å². The van der Waals surface area contributed by atoms with Crippen molar-refractivity contribution in [3.63, 3.8) is 0 Å². The summed E-state index contributed by atoms with van der Waals surface area (Å²) in [6.45, 7) is 0.668. The predicted octanol–water partition coefficient (Wildman–Crippen LogP) is 4.13. The van der Waals surface area contributed by atoms with Crippen LogP contribution in [-0.2, 0) is 13.1 Å². The summed E-state index contributed by atoms with van der Waals surface area (Å²) in [6.07, 6.45) is 4.21. The third kappa shape index (κ3) is 4.98. The highest BCUT2D eigenvalue weighted by molar-refractivity contribution is 6.31. The monoisotopic (exact) mass is 454 g/mol. The number of benzene rings is 2. The molecule has 2 aromatic carbocycles. The molecule has 32 heavy (non-hydrogen) atoms. The van der Waals surface area contributed by atoms with Crippen LogP contribution in [0.25, 0.3) is 0 Å². The number of hydrogen-bond acceptors (Lipinski definition) is 5. The van der Waals surface area contributed by atoms with Gasteiger partial charge in [0.2, 0.25) is 0 Å². The number of carbonyl (C=O) groups is 1. The van der Waals surface area contributed by atoms with Gasteiger partial charge in [-0.25, -0.2) is 4.39 Å². The van der Waals surface area contributed by atoms with Crippen molar-refractivity contribution in [2.75, 3.05) is 5.32 Å². The van der Waals surface area contributed by atoms with Gasteiger partial charge in [-0.3, -0.25) is 24.3 Å². The second-order valence-electron chi connectivity index (χ2n) is 6.94. The number of hydrogen-bond donors (Lipinski definition) is 1. The number of anilines is 1. The van der Waals surface area contributed by atoms with E-state index >= 15 is 0 Å². The van der Waals surface area contributed by atoms with Gasteiger partial charge < -0.3 is 5.32 Å². The Bertz CT molecular complexity index is 1280. The van der Waals surface area contributed by atoms with E-state index in [4.69, 9.17) is 11.6 Å². The molecule has 0 fully saturated rings. The molecule has 11 heteroatoms. The molecule has 1 amide bonds. The highest BCUT2D eigenvalue weighted by Crippen LogP contribution is 2.19. The number of nitrogens with zero attached hydrogens (tertiary/aromatic N) is 5. The van der Waals surface area contributed by atoms with Gasteiger partial charge in [-0.1, -0.05) is 29.8 Å². The zero-order valence-electron chi connectivity index (χ0n) is 16.5. The topological polar surface area (TPSA) is 108 Å². The van der Waals surface area contributed by atoms with E-state index in [1.165, 1.54) is 29.2 Å². The Morgan fingerprint density at radius 2 is 1.91 bits per heavy atom. The van der Waals surface area contributed by atoms with E-state index in [0.29, 0.717) is 35.1 Å². The van der Waals surface area contributed by atoms with Crippen LogP contribution in [0.15, 0.2) is 67.1 Å². The second kappa shape index (κ2) is 8.98. The van der Waals surface area contributed by atoms with E-state index in [1.54, 1.807) is 47.3 Å². The van der Waals surface area contributed by atoms with Gasteiger partial charge in [-0.15, -0.1) is 0 Å². The molecule has 0 bridgehead atoms. The molecule has 0 aliphatic rings. The van der Waals surface area contributed by atoms with Gasteiger partial charge in [0.15, 0.2) is 5.82 Å². The van der Waals surface area contributed by atoms with E-state index in [2.05, 4.69) is 15.5 Å². The highest BCUT2D eigenvalue weighted by atomic mass is 35.5. The fraction of sp³-hybridized carbons (Fsp3) is 0.0952. The van der Waals surface area contributed by atoms with Crippen molar-refractivity contribution in [3.8, 4) is 0 Å². The van der Waals surface area contributed by atoms with Crippen LogP contribution in [0, 0.1) is 15.9 Å². The van der Waals surface area contributed by atoms with Crippen LogP contribution in [-0.4, -0.2) is 30.4 Å². The van der Waals surface area contributed by atoms with Gasteiger partial charge >= 0.3 is 5.69 Å². The molecular weight excluding hydrogens is 439 g/mol. The van der Waals surface area contributed by atoms with Gasteiger partial charge in [0.25, 0.3) is 5.91 Å². The van der Waals surface area contributed by atoms with Crippen LogP contribution in [0.1, 0.15) is 21.5 Å². The average molecular weight is 455 g/mol. The van der Waals surface area contributed by atoms with E-state index in [-0.39, 0.29) is 11.6 Å². The van der Waals surface area contributed by atoms with Gasteiger partial charge in [-0.2, -0.15) is 10.2 Å². The van der Waals surface area contributed by atoms with Crippen molar-refractivity contribution >= 4 is 29.0 Å². The Morgan fingerprint density at radius 3 is 2.59 bits per heavy atom. The van der Waals surface area contributed by atoms with Gasteiger partial charge in [0, 0.05) is 22.8 Å². The maximum Gasteiger partial charge on any atom is 0.307 e. The largest absolute Gasteiger partial charge is 0.307 e. The summed E-state index contributed by atoms with van der Waals surface area (Å²) in [5, 5.41) is 22.0. The minimum Gasteiger partial charge on any atom is -0.305 e. The number of carbonyl (C=O) groups excluding carboxylic acids is 1. The van der Waals surface area contributed by atoms with E-state index < -0.39 is 10.7 Å². The zero-order valence-corrected chi connectivity index (χ0v) is 17.2. The number of nitro groups is 1. The van der Waals surface area contributed by atoms with Crippen LogP contribution < -0.4 is 5.32 Å². The normalized spacial score (nSPS) is 10.8. The molecule has 2 aromatic heterocycles. The SMILES string of the molecule is O=C(Nc1ccn(Cc2ccc(F)cc2Cl)n1)c1ccc(Cn2cc([N+](=O)[O-])cn2)cc1. The Labute approximate surface area is 186 Å². The van der Waals surface area contributed by atoms with Crippen molar-refractivity contribution in [1.82, 2.24) is 19.6 Å². The van der Waals surface area contributed by atoms with Crippen LogP contribution in [0.2, 0.25) is 5.02 Å². The van der Waals surface area contributed by atoms with E-state index in [1.807, 2.05) is 0 Å². The van der Waals surface area contributed by atoms with Crippen molar-refractivity contribution in [2.24, 2.45) is 0 Å². The van der Waals surface area contributed by atoms with Crippen molar-refractivity contribution in [3.05, 3.63) is 105 Å². The van der Waals surface area contributed by atoms with E-state index in [9.17, 15) is 19.3 Å². The fourth-order valence-electron chi connectivity index (χ4n) is 3.01. The lowest BCUT2D eigenvalue weighted by molar-refractivity contribution is -0.385. The average Bonchev–Trinajstić information content (AvgIpc) is 3.40. The minimum atomic E-state index is -0.507. The first-order valence-corrected chi connectivity index (χ1v) is 9.80. The molecule has 0 aliphatic heterocycles. The number of amides is 1. The van der Waals surface area contributed by atoms with Gasteiger partial charge in [0.1, 0.15) is 18.2 Å². The highest BCUT2D eigenvalue weighted by Gasteiger charge is 2.11. The number of aromatic nitrogens is 4. The molecule has 2 heterocycles. The zero-order chi connectivity index (χ0) is 22.7. The first-order valence-electron chi connectivity index (χ1n) is 9.42. The van der Waals surface area contributed by atoms with Crippen molar-refractivity contribution in [1.29, 1.82) is 0 Å². The van der Waals surface area contributed by atoms with Crippen LogP contribution in [0.3, 0.4) is 0 Å². The molecule has 0 saturated heterocycles. The molecule has 0 aliphatic carbocycles. The Morgan fingerprint density at radius 1 is 1.12 bits per heavy atom. The molecular formula is C21H16ClFN6O3. The Balaban J connectivity index is 1.37. The molecule has 9 nitrogen and oxygen atoms in total. The van der Waals surface area contributed by atoms with Gasteiger partial charge in [-0.05, 0) is 35.4 Å². The summed E-state index contributed by atoms with van der Waals surface area (Å²) >= 11 is 6.04. The Hall–Kier alpha value is -4.05. The molecule has 4 aromatic rings. The Kier molecular flexibility index (Phi) is 5.95. The summed E-state index contributed by atoms with van der Waals surface area (Å²) in [6, 6.07) is 12.6. The third-order valence-electron chi connectivity index (χ3n) is 4.62. The first kappa shape index (κ1) is 21.2. The lowest BCUT2D eigenvalue weighted by Gasteiger charge is -2.06. The maximum absolute atomic E-state index is 13.2. The van der Waals surface area contributed by atoms with Crippen molar-refractivity contribution < 1.29 is 14.1 Å². The number of halogens is 2. The standard InChI is InChI=1S/C21H16ClFN6O3/c22-19-9-17(23)6-5-16(19)12-27-8-7-20(26-27)25-21(30)15-3-1-14(2-4-15)11-28-13-18(10-24-28)29(31)32/h1-10,13H,11-12H2,(H,25,26,30). The summed E-state index contributed by atoms with van der Waals surface area (Å²) in [4.78, 5) is 22.7. The molecule has 1 N–H and O–H groups in total. The third-order valence-corrected chi connectivity index (χ3v) is 4.97. The molecule has 0 saturated carbocycles. The molecule has 4 rings (SSSR count). The lowest BCUT2D eigenvalue weighted by Crippen LogP contribution is -2.13. The van der Waals surface area contributed by atoms with Crippen LogP contribution in [0.5, 0.6) is 0 Å². The fourth-order valence-corrected chi connectivity index (χ4v) is 3.24. The van der Waals surface area contributed by atoms with Gasteiger partial charge in [0.05, 0.1) is 18.0 Å². The summed E-state index contributed by atoms with van der Waals surface area (Å²) in [5.74, 6) is -0.387. The molecule has 0 spiro atoms. The quantitative estimate of drug-likeness (QED) is 0.333. The molecule has 162 valence electrons. The first-order chi connectivity index (χ1) is 15.4. The maximum atomic E-state index is 13.2. The van der Waals surface area contributed by atoms with Crippen LogP contribution >= 0.6 is 11.6 Å². The van der Waals surface area contributed by atoms with Crippen molar-refractivity contribution in [2.45, 2.75) is 13.1 Å². The summed E-state index contributed by atoms with van der Waals surface area (Å²) < 4.78 is 16.2. The predicted molar refractivity (Wildman–Crippen MR) is 115 cm³/mol. The number of nitrogens with one attached hydrogen (secondary N) is 1. The molecule has 0 unspecified atom stereocenters. The second-order valence-corrected chi connectivity index (χ2v) is 7.35. The summed E-state index contributed by atoms with van der Waals surface area (Å²) in [7, 11) is 0. The van der Waals surface area contributed by atoms with Crippen LogP contribution in [0.4, 0.5) is 15.9 Å². The summed E-state index contributed by atoms with van der Waals surface area (Å²) in [5.41, 5.74) is 1.88. The lowest BCUT2D eigenvalue weighted by atomic mass is 10.1. The minimum absolute atomic E-state index is 0.0814. The smallest absolute Gasteiger partial charge is 0.305 e. The number of rotatable bonds is 7.